The Hall–Kier alpha value is -1.42. The van der Waals surface area contributed by atoms with Gasteiger partial charge in [-0.15, -0.1) is 0 Å². The van der Waals surface area contributed by atoms with Gasteiger partial charge in [0.2, 0.25) is 0 Å². The lowest BCUT2D eigenvalue weighted by Crippen LogP contribution is -2.23. The van der Waals surface area contributed by atoms with Crippen molar-refractivity contribution in [1.82, 2.24) is 9.55 Å². The first-order chi connectivity index (χ1) is 7.82. The fourth-order valence-electron chi connectivity index (χ4n) is 2.04. The summed E-state index contributed by atoms with van der Waals surface area (Å²) >= 11 is 0. The maximum atomic E-state index is 13.7. The lowest BCUT2D eigenvalue weighted by atomic mass is 10.1. The van der Waals surface area contributed by atoms with E-state index >= 15 is 0 Å². The average Bonchev–Trinajstić information content (AvgIpc) is 2.57. The number of aliphatic hydroxyl groups is 1. The second-order valence-corrected chi connectivity index (χ2v) is 5.07. The van der Waals surface area contributed by atoms with Gasteiger partial charge in [-0.2, -0.15) is 0 Å². The molecule has 0 radical (unpaired) electrons. The van der Waals surface area contributed by atoms with Crippen molar-refractivity contribution in [2.75, 3.05) is 0 Å². The molecule has 92 valence electrons. The molecule has 1 aromatic carbocycles. The van der Waals surface area contributed by atoms with Crippen molar-refractivity contribution in [3.8, 4) is 0 Å². The van der Waals surface area contributed by atoms with Crippen molar-refractivity contribution in [2.45, 2.75) is 39.3 Å². The molecule has 1 aromatic heterocycles. The molecular weight excluding hydrogens is 219 g/mol. The summed E-state index contributed by atoms with van der Waals surface area (Å²) in [4.78, 5) is 4.24. The largest absolute Gasteiger partial charge is 0.383 e. The van der Waals surface area contributed by atoms with Gasteiger partial charge in [-0.05, 0) is 39.8 Å². The van der Waals surface area contributed by atoms with Crippen molar-refractivity contribution in [3.05, 3.63) is 29.8 Å². The fraction of sp³-hybridized carbons (Fsp3) is 0.462. The van der Waals surface area contributed by atoms with Crippen LogP contribution < -0.4 is 0 Å². The summed E-state index contributed by atoms with van der Waals surface area (Å²) in [6.45, 7) is 7.29. The summed E-state index contributed by atoms with van der Waals surface area (Å²) in [5, 5.41) is 10.1. The minimum Gasteiger partial charge on any atom is -0.383 e. The monoisotopic (exact) mass is 236 g/mol. The van der Waals surface area contributed by atoms with Crippen LogP contribution in [0.5, 0.6) is 0 Å². The molecule has 0 aliphatic rings. The molecular formula is C13H17FN2O. The van der Waals surface area contributed by atoms with Gasteiger partial charge >= 0.3 is 0 Å². The number of aromatic nitrogens is 2. The van der Waals surface area contributed by atoms with Crippen molar-refractivity contribution in [1.29, 1.82) is 0 Å². The Morgan fingerprint density at radius 1 is 1.35 bits per heavy atom. The van der Waals surface area contributed by atoms with Crippen LogP contribution in [0.1, 0.15) is 39.6 Å². The third-order valence-electron chi connectivity index (χ3n) is 2.73. The van der Waals surface area contributed by atoms with E-state index in [1.165, 1.54) is 6.07 Å². The standard InChI is InChI=1S/C13H17FN2O/c1-8(2)16-10-7-5-6-9(14)11(10)15-12(16)13(3,4)17/h5-8,17H,1-4H3. The average molecular weight is 236 g/mol. The highest BCUT2D eigenvalue weighted by molar-refractivity contribution is 5.77. The highest BCUT2D eigenvalue weighted by Crippen LogP contribution is 2.29. The van der Waals surface area contributed by atoms with Crippen molar-refractivity contribution in [3.63, 3.8) is 0 Å². The Morgan fingerprint density at radius 3 is 2.53 bits per heavy atom. The molecule has 4 heteroatoms. The summed E-state index contributed by atoms with van der Waals surface area (Å²) < 4.78 is 15.5. The molecule has 17 heavy (non-hydrogen) atoms. The maximum Gasteiger partial charge on any atom is 0.151 e. The molecule has 0 spiro atoms. The SMILES string of the molecule is CC(C)n1c(C(C)(C)O)nc2c(F)cccc21. The van der Waals surface area contributed by atoms with Crippen LogP contribution in [0.4, 0.5) is 4.39 Å². The van der Waals surface area contributed by atoms with Gasteiger partial charge < -0.3 is 9.67 Å². The predicted molar refractivity (Wildman–Crippen MR) is 65.3 cm³/mol. The number of para-hydroxylation sites is 1. The van der Waals surface area contributed by atoms with Crippen LogP contribution in [-0.4, -0.2) is 14.7 Å². The van der Waals surface area contributed by atoms with E-state index in [9.17, 15) is 9.50 Å². The Labute approximate surface area is 99.9 Å². The van der Waals surface area contributed by atoms with Crippen LogP contribution in [0.15, 0.2) is 18.2 Å². The predicted octanol–water partition coefficient (Wildman–Crippen LogP) is 2.98. The molecule has 0 fully saturated rings. The Kier molecular flexibility index (Phi) is 2.70. The van der Waals surface area contributed by atoms with Crippen LogP contribution >= 0.6 is 0 Å². The number of hydrogen-bond donors (Lipinski definition) is 1. The van der Waals surface area contributed by atoms with Gasteiger partial charge in [-0.3, -0.25) is 0 Å². The summed E-state index contributed by atoms with van der Waals surface area (Å²) in [5.41, 5.74) is -0.0501. The van der Waals surface area contributed by atoms with Gasteiger partial charge in [0, 0.05) is 6.04 Å². The van der Waals surface area contributed by atoms with Crippen LogP contribution in [-0.2, 0) is 5.60 Å². The number of fused-ring (bicyclic) bond motifs is 1. The Bertz CT molecular complexity index is 552. The highest BCUT2D eigenvalue weighted by atomic mass is 19.1. The molecule has 3 nitrogen and oxygen atoms in total. The van der Waals surface area contributed by atoms with Crippen LogP contribution in [0.2, 0.25) is 0 Å². The van der Waals surface area contributed by atoms with E-state index in [4.69, 9.17) is 0 Å². The van der Waals surface area contributed by atoms with E-state index in [-0.39, 0.29) is 11.9 Å². The first kappa shape index (κ1) is 12.0. The minimum atomic E-state index is -1.09. The number of nitrogens with zero attached hydrogens (tertiary/aromatic N) is 2. The van der Waals surface area contributed by atoms with Crippen molar-refractivity contribution >= 4 is 11.0 Å². The van der Waals surface area contributed by atoms with E-state index in [0.29, 0.717) is 11.3 Å². The summed E-state index contributed by atoms with van der Waals surface area (Å²) in [6, 6.07) is 4.98. The van der Waals surface area contributed by atoms with E-state index in [2.05, 4.69) is 4.98 Å². The van der Waals surface area contributed by atoms with Gasteiger partial charge in [-0.1, -0.05) is 6.07 Å². The molecule has 0 atom stereocenters. The van der Waals surface area contributed by atoms with Gasteiger partial charge in [-0.25, -0.2) is 9.37 Å². The van der Waals surface area contributed by atoms with E-state index in [0.717, 1.165) is 5.52 Å². The van der Waals surface area contributed by atoms with Crippen molar-refractivity contribution in [2.24, 2.45) is 0 Å². The summed E-state index contributed by atoms with van der Waals surface area (Å²) in [5.74, 6) is 0.139. The normalized spacial score (nSPS) is 12.6. The lowest BCUT2D eigenvalue weighted by molar-refractivity contribution is 0.0641. The van der Waals surface area contributed by atoms with Crippen LogP contribution in [0.3, 0.4) is 0 Å². The van der Waals surface area contributed by atoms with Crippen molar-refractivity contribution < 1.29 is 9.50 Å². The second kappa shape index (κ2) is 3.81. The number of benzene rings is 1. The number of halogens is 1. The Morgan fingerprint density at radius 2 is 2.00 bits per heavy atom. The molecule has 0 aliphatic carbocycles. The number of rotatable bonds is 2. The number of imidazole rings is 1. The van der Waals surface area contributed by atoms with Gasteiger partial charge in [0.1, 0.15) is 16.9 Å². The summed E-state index contributed by atoms with van der Waals surface area (Å²) in [7, 11) is 0. The zero-order valence-electron chi connectivity index (χ0n) is 10.5. The second-order valence-electron chi connectivity index (χ2n) is 5.07. The molecule has 0 bridgehead atoms. The molecule has 2 aromatic rings. The number of hydrogen-bond acceptors (Lipinski definition) is 2. The van der Waals surface area contributed by atoms with Gasteiger partial charge in [0.05, 0.1) is 5.52 Å². The molecule has 1 heterocycles. The smallest absolute Gasteiger partial charge is 0.151 e. The fourth-order valence-corrected chi connectivity index (χ4v) is 2.04. The molecule has 1 N–H and O–H groups in total. The quantitative estimate of drug-likeness (QED) is 0.870. The molecule has 0 amide bonds. The van der Waals surface area contributed by atoms with Gasteiger partial charge in [0.15, 0.2) is 5.82 Å². The zero-order valence-corrected chi connectivity index (χ0v) is 10.5. The zero-order chi connectivity index (χ0) is 12.8. The van der Waals surface area contributed by atoms with E-state index in [1.54, 1.807) is 19.9 Å². The highest BCUT2D eigenvalue weighted by Gasteiger charge is 2.26. The first-order valence-corrected chi connectivity index (χ1v) is 5.71. The lowest BCUT2D eigenvalue weighted by Gasteiger charge is -2.21. The van der Waals surface area contributed by atoms with E-state index in [1.807, 2.05) is 24.5 Å². The molecule has 0 aliphatic heterocycles. The molecule has 0 unspecified atom stereocenters. The van der Waals surface area contributed by atoms with Crippen LogP contribution in [0, 0.1) is 5.82 Å². The third kappa shape index (κ3) is 1.93. The van der Waals surface area contributed by atoms with E-state index < -0.39 is 5.60 Å². The maximum absolute atomic E-state index is 13.7. The molecule has 0 saturated carbocycles. The van der Waals surface area contributed by atoms with Gasteiger partial charge in [0.25, 0.3) is 0 Å². The molecule has 2 rings (SSSR count). The summed E-state index contributed by atoms with van der Waals surface area (Å²) in [6.07, 6.45) is 0. The Balaban J connectivity index is 2.85. The first-order valence-electron chi connectivity index (χ1n) is 5.71. The third-order valence-corrected chi connectivity index (χ3v) is 2.73. The topological polar surface area (TPSA) is 38.0 Å². The van der Waals surface area contributed by atoms with Crippen LogP contribution in [0.25, 0.3) is 11.0 Å². The minimum absolute atomic E-state index is 0.114. The molecule has 0 saturated heterocycles.